The molecule has 1 aliphatic rings. The minimum absolute atomic E-state index is 0.0130. The summed E-state index contributed by atoms with van der Waals surface area (Å²) < 4.78 is 32.4. The molecule has 1 fully saturated rings. The molecule has 31 heavy (non-hydrogen) atoms. The second-order valence-electron chi connectivity index (χ2n) is 6.95. The standard InChI is InChI=1S/C21H26N4O5S/c1-2-30-18-8-10-19(11-9-18)31(28,29)25-14-12-24(13-15-25)16-20(26)23-21(27)22-17-6-4-3-5-7-17/h3-11H,2,12-16H2,1H3,(H2,22,23,26,27). The highest BCUT2D eigenvalue weighted by Crippen LogP contribution is 2.20. The molecule has 3 rings (SSSR count). The normalized spacial score (nSPS) is 15.3. The predicted molar refractivity (Wildman–Crippen MR) is 116 cm³/mol. The lowest BCUT2D eigenvalue weighted by molar-refractivity contribution is -0.121. The van der Waals surface area contributed by atoms with Gasteiger partial charge in [-0.05, 0) is 43.3 Å². The summed E-state index contributed by atoms with van der Waals surface area (Å²) in [5.41, 5.74) is 0.584. The Morgan fingerprint density at radius 2 is 1.61 bits per heavy atom. The van der Waals surface area contributed by atoms with Gasteiger partial charge in [-0.15, -0.1) is 0 Å². The van der Waals surface area contributed by atoms with Crippen molar-refractivity contribution in [3.63, 3.8) is 0 Å². The van der Waals surface area contributed by atoms with Gasteiger partial charge in [-0.25, -0.2) is 13.2 Å². The summed E-state index contributed by atoms with van der Waals surface area (Å²) in [5, 5.41) is 4.87. The van der Waals surface area contributed by atoms with E-state index in [1.807, 2.05) is 17.9 Å². The van der Waals surface area contributed by atoms with Gasteiger partial charge in [0.1, 0.15) is 5.75 Å². The fourth-order valence-corrected chi connectivity index (χ4v) is 4.63. The number of ether oxygens (including phenoxy) is 1. The third kappa shape index (κ3) is 6.27. The number of para-hydroxylation sites is 1. The van der Waals surface area contributed by atoms with Crippen molar-refractivity contribution in [3.8, 4) is 5.75 Å². The minimum atomic E-state index is -3.61. The lowest BCUT2D eigenvalue weighted by Crippen LogP contribution is -2.51. The molecule has 0 spiro atoms. The van der Waals surface area contributed by atoms with Crippen LogP contribution in [0.4, 0.5) is 10.5 Å². The maximum absolute atomic E-state index is 12.8. The van der Waals surface area contributed by atoms with Crippen LogP contribution < -0.4 is 15.4 Å². The third-order valence-electron chi connectivity index (χ3n) is 4.76. The number of piperazine rings is 1. The third-order valence-corrected chi connectivity index (χ3v) is 6.67. The van der Waals surface area contributed by atoms with Crippen molar-refractivity contribution in [2.45, 2.75) is 11.8 Å². The molecule has 10 heteroatoms. The Bertz CT molecular complexity index is 988. The first kappa shape index (κ1) is 22.7. The molecule has 0 unspecified atom stereocenters. The number of benzene rings is 2. The van der Waals surface area contributed by atoms with E-state index in [0.29, 0.717) is 31.1 Å². The van der Waals surface area contributed by atoms with Gasteiger partial charge in [0, 0.05) is 31.9 Å². The van der Waals surface area contributed by atoms with Crippen LogP contribution in [0.15, 0.2) is 59.5 Å². The molecule has 1 aliphatic heterocycles. The van der Waals surface area contributed by atoms with Crippen molar-refractivity contribution in [1.82, 2.24) is 14.5 Å². The van der Waals surface area contributed by atoms with Crippen LogP contribution in [0.2, 0.25) is 0 Å². The maximum atomic E-state index is 12.8. The fourth-order valence-electron chi connectivity index (χ4n) is 3.20. The number of carbonyl (C=O) groups excluding carboxylic acids is 2. The van der Waals surface area contributed by atoms with Crippen LogP contribution >= 0.6 is 0 Å². The predicted octanol–water partition coefficient (Wildman–Crippen LogP) is 1.74. The van der Waals surface area contributed by atoms with Gasteiger partial charge in [-0.2, -0.15) is 4.31 Å². The van der Waals surface area contributed by atoms with E-state index in [1.54, 1.807) is 36.4 Å². The van der Waals surface area contributed by atoms with E-state index in [-0.39, 0.29) is 24.5 Å². The van der Waals surface area contributed by atoms with Crippen molar-refractivity contribution < 1.29 is 22.7 Å². The van der Waals surface area contributed by atoms with Crippen molar-refractivity contribution in [2.75, 3.05) is 44.6 Å². The number of hydrogen-bond acceptors (Lipinski definition) is 6. The highest BCUT2D eigenvalue weighted by Gasteiger charge is 2.29. The van der Waals surface area contributed by atoms with Gasteiger partial charge in [-0.1, -0.05) is 18.2 Å². The van der Waals surface area contributed by atoms with Crippen LogP contribution in [0.3, 0.4) is 0 Å². The summed E-state index contributed by atoms with van der Waals surface area (Å²) in [6, 6.07) is 14.5. The molecular formula is C21H26N4O5S. The molecule has 3 amide bonds. The van der Waals surface area contributed by atoms with Crippen molar-refractivity contribution in [2.24, 2.45) is 0 Å². The number of hydrogen-bond donors (Lipinski definition) is 2. The molecule has 9 nitrogen and oxygen atoms in total. The van der Waals surface area contributed by atoms with Crippen LogP contribution in [0.1, 0.15) is 6.92 Å². The maximum Gasteiger partial charge on any atom is 0.325 e. The molecule has 1 saturated heterocycles. The Hall–Kier alpha value is -2.95. The minimum Gasteiger partial charge on any atom is -0.494 e. The number of sulfonamides is 1. The Balaban J connectivity index is 1.47. The summed E-state index contributed by atoms with van der Waals surface area (Å²) in [5.74, 6) is 0.171. The second-order valence-corrected chi connectivity index (χ2v) is 8.89. The largest absolute Gasteiger partial charge is 0.494 e. The van der Waals surface area contributed by atoms with E-state index in [9.17, 15) is 18.0 Å². The van der Waals surface area contributed by atoms with E-state index in [1.165, 1.54) is 16.4 Å². The Labute approximate surface area is 182 Å². The van der Waals surface area contributed by atoms with Gasteiger partial charge >= 0.3 is 6.03 Å². The zero-order valence-electron chi connectivity index (χ0n) is 17.3. The van der Waals surface area contributed by atoms with Crippen molar-refractivity contribution in [1.29, 1.82) is 0 Å². The molecule has 0 aromatic heterocycles. The first-order valence-corrected chi connectivity index (χ1v) is 11.4. The Morgan fingerprint density at radius 3 is 2.23 bits per heavy atom. The molecule has 2 aromatic carbocycles. The summed E-state index contributed by atoms with van der Waals surface area (Å²) in [4.78, 5) is 26.1. The monoisotopic (exact) mass is 446 g/mol. The number of imide groups is 1. The first-order valence-electron chi connectivity index (χ1n) is 9.99. The smallest absolute Gasteiger partial charge is 0.325 e. The van der Waals surface area contributed by atoms with Gasteiger partial charge in [0.05, 0.1) is 18.0 Å². The molecule has 166 valence electrons. The summed E-state index contributed by atoms with van der Waals surface area (Å²) in [6.45, 7) is 3.70. The van der Waals surface area contributed by atoms with Gasteiger partial charge in [-0.3, -0.25) is 15.0 Å². The van der Waals surface area contributed by atoms with Crippen LogP contribution in [0, 0.1) is 0 Å². The summed E-state index contributed by atoms with van der Waals surface area (Å²) in [7, 11) is -3.61. The van der Waals surface area contributed by atoms with E-state index in [0.717, 1.165) is 0 Å². The Kier molecular flexibility index (Phi) is 7.61. The molecule has 0 saturated carbocycles. The van der Waals surface area contributed by atoms with Crippen LogP contribution in [-0.2, 0) is 14.8 Å². The van der Waals surface area contributed by atoms with E-state index in [4.69, 9.17) is 4.74 Å². The molecule has 1 heterocycles. The fraction of sp³-hybridized carbons (Fsp3) is 0.333. The molecular weight excluding hydrogens is 420 g/mol. The van der Waals surface area contributed by atoms with Gasteiger partial charge in [0.15, 0.2) is 0 Å². The highest BCUT2D eigenvalue weighted by molar-refractivity contribution is 7.89. The Morgan fingerprint density at radius 1 is 0.968 bits per heavy atom. The topological polar surface area (TPSA) is 108 Å². The average molecular weight is 447 g/mol. The van der Waals surface area contributed by atoms with Gasteiger partial charge in [0.2, 0.25) is 15.9 Å². The number of urea groups is 1. The number of amides is 3. The average Bonchev–Trinajstić information content (AvgIpc) is 2.75. The SMILES string of the molecule is CCOc1ccc(S(=O)(=O)N2CCN(CC(=O)NC(=O)Nc3ccccc3)CC2)cc1. The highest BCUT2D eigenvalue weighted by atomic mass is 32.2. The lowest BCUT2D eigenvalue weighted by atomic mass is 10.3. The lowest BCUT2D eigenvalue weighted by Gasteiger charge is -2.33. The van der Waals surface area contributed by atoms with Gasteiger partial charge < -0.3 is 10.1 Å². The summed E-state index contributed by atoms with van der Waals surface area (Å²) in [6.07, 6.45) is 0. The van der Waals surface area contributed by atoms with Crippen LogP contribution in [0.5, 0.6) is 5.75 Å². The molecule has 0 aliphatic carbocycles. The zero-order chi connectivity index (χ0) is 22.3. The van der Waals surface area contributed by atoms with E-state index in [2.05, 4.69) is 10.6 Å². The zero-order valence-corrected chi connectivity index (χ0v) is 18.1. The second kappa shape index (κ2) is 10.4. The van der Waals surface area contributed by atoms with Crippen molar-refractivity contribution in [3.05, 3.63) is 54.6 Å². The number of rotatable bonds is 7. The first-order chi connectivity index (χ1) is 14.9. The number of nitrogens with one attached hydrogen (secondary N) is 2. The van der Waals surface area contributed by atoms with Crippen molar-refractivity contribution >= 4 is 27.6 Å². The molecule has 0 bridgehead atoms. The van der Waals surface area contributed by atoms with Crippen LogP contribution in [0.25, 0.3) is 0 Å². The van der Waals surface area contributed by atoms with Gasteiger partial charge in [0.25, 0.3) is 0 Å². The summed E-state index contributed by atoms with van der Waals surface area (Å²) >= 11 is 0. The van der Waals surface area contributed by atoms with E-state index >= 15 is 0 Å². The number of anilines is 1. The molecule has 0 radical (unpaired) electrons. The quantitative estimate of drug-likeness (QED) is 0.671. The number of carbonyl (C=O) groups is 2. The number of nitrogens with zero attached hydrogens (tertiary/aromatic N) is 2. The molecule has 2 aromatic rings. The molecule has 2 N–H and O–H groups in total. The van der Waals surface area contributed by atoms with E-state index < -0.39 is 22.0 Å². The van der Waals surface area contributed by atoms with Crippen LogP contribution in [-0.4, -0.2) is 68.9 Å². The molecule has 0 atom stereocenters.